The van der Waals surface area contributed by atoms with E-state index in [-0.39, 0.29) is 12.4 Å². The first kappa shape index (κ1) is 11.4. The standard InChI is InChI=1S/C12H12FNO3/c1-3-17-12(15)8-4-6-14-7-5-9(13)11(16-2)10(8)14/h4-7H,3H2,1-2H3. The van der Waals surface area contributed by atoms with Gasteiger partial charge in [0.05, 0.1) is 19.3 Å². The predicted molar refractivity (Wildman–Crippen MR) is 59.9 cm³/mol. The van der Waals surface area contributed by atoms with Crippen molar-refractivity contribution in [3.8, 4) is 5.75 Å². The van der Waals surface area contributed by atoms with Crippen LogP contribution < -0.4 is 4.74 Å². The number of fused-ring (bicyclic) bond motifs is 1. The zero-order valence-electron chi connectivity index (χ0n) is 9.57. The molecule has 0 atom stereocenters. The molecule has 5 heteroatoms. The molecule has 0 bridgehead atoms. The number of aromatic nitrogens is 1. The van der Waals surface area contributed by atoms with Gasteiger partial charge in [0, 0.05) is 12.4 Å². The van der Waals surface area contributed by atoms with Crippen molar-refractivity contribution in [1.82, 2.24) is 4.40 Å². The quantitative estimate of drug-likeness (QED) is 0.769. The van der Waals surface area contributed by atoms with Crippen LogP contribution in [0.3, 0.4) is 0 Å². The van der Waals surface area contributed by atoms with Crippen molar-refractivity contribution in [2.45, 2.75) is 6.92 Å². The smallest absolute Gasteiger partial charge is 0.340 e. The molecule has 2 aromatic heterocycles. The van der Waals surface area contributed by atoms with Crippen molar-refractivity contribution in [3.63, 3.8) is 0 Å². The molecule has 0 amide bonds. The van der Waals surface area contributed by atoms with Gasteiger partial charge in [-0.05, 0) is 19.1 Å². The first-order valence-corrected chi connectivity index (χ1v) is 5.19. The number of esters is 1. The van der Waals surface area contributed by atoms with Gasteiger partial charge < -0.3 is 13.9 Å². The number of rotatable bonds is 3. The molecular weight excluding hydrogens is 225 g/mol. The average molecular weight is 237 g/mol. The van der Waals surface area contributed by atoms with Gasteiger partial charge in [0.2, 0.25) is 0 Å². The Bertz CT molecular complexity index is 562. The number of carbonyl (C=O) groups excluding carboxylic acids is 1. The normalized spacial score (nSPS) is 10.5. The van der Waals surface area contributed by atoms with Crippen LogP contribution in [0.2, 0.25) is 0 Å². The van der Waals surface area contributed by atoms with E-state index in [1.165, 1.54) is 19.4 Å². The summed E-state index contributed by atoms with van der Waals surface area (Å²) in [6.45, 7) is 1.99. The highest BCUT2D eigenvalue weighted by atomic mass is 19.1. The molecule has 2 rings (SSSR count). The second-order valence-electron chi connectivity index (χ2n) is 3.40. The summed E-state index contributed by atoms with van der Waals surface area (Å²) in [6, 6.07) is 2.86. The lowest BCUT2D eigenvalue weighted by molar-refractivity contribution is 0.0528. The van der Waals surface area contributed by atoms with Crippen LogP contribution in [0.1, 0.15) is 17.3 Å². The molecule has 90 valence electrons. The maximum Gasteiger partial charge on any atom is 0.340 e. The number of ether oxygens (including phenoxy) is 2. The van der Waals surface area contributed by atoms with E-state index in [0.717, 1.165) is 0 Å². The predicted octanol–water partition coefficient (Wildman–Crippen LogP) is 2.26. The van der Waals surface area contributed by atoms with E-state index in [0.29, 0.717) is 11.1 Å². The van der Waals surface area contributed by atoms with Gasteiger partial charge in [-0.1, -0.05) is 0 Å². The Labute approximate surface area is 97.6 Å². The lowest BCUT2D eigenvalue weighted by Gasteiger charge is -2.07. The Kier molecular flexibility index (Phi) is 2.99. The summed E-state index contributed by atoms with van der Waals surface area (Å²) in [7, 11) is 1.36. The van der Waals surface area contributed by atoms with Gasteiger partial charge in [0.15, 0.2) is 11.6 Å². The summed E-state index contributed by atoms with van der Waals surface area (Å²) in [5, 5.41) is 0. The fourth-order valence-electron chi connectivity index (χ4n) is 1.71. The molecule has 0 radical (unpaired) electrons. The molecule has 2 aromatic rings. The lowest BCUT2D eigenvalue weighted by atomic mass is 10.2. The Morgan fingerprint density at radius 3 is 2.76 bits per heavy atom. The van der Waals surface area contributed by atoms with E-state index in [9.17, 15) is 9.18 Å². The van der Waals surface area contributed by atoms with Crippen LogP contribution in [0.4, 0.5) is 4.39 Å². The second-order valence-corrected chi connectivity index (χ2v) is 3.40. The van der Waals surface area contributed by atoms with E-state index < -0.39 is 11.8 Å². The van der Waals surface area contributed by atoms with Crippen LogP contribution in [0.15, 0.2) is 24.5 Å². The van der Waals surface area contributed by atoms with E-state index in [1.807, 2.05) is 0 Å². The maximum absolute atomic E-state index is 13.5. The summed E-state index contributed by atoms with van der Waals surface area (Å²) < 4.78 is 25.0. The number of hydrogen-bond acceptors (Lipinski definition) is 3. The van der Waals surface area contributed by atoms with Gasteiger partial charge in [0.1, 0.15) is 5.52 Å². The molecule has 0 saturated heterocycles. The fraction of sp³-hybridized carbons (Fsp3) is 0.250. The first-order valence-electron chi connectivity index (χ1n) is 5.19. The summed E-state index contributed by atoms with van der Waals surface area (Å²) in [5.41, 5.74) is 0.675. The minimum atomic E-state index is -0.510. The molecule has 17 heavy (non-hydrogen) atoms. The number of hydrogen-bond donors (Lipinski definition) is 0. The molecule has 0 unspecified atom stereocenters. The number of halogens is 1. The van der Waals surface area contributed by atoms with Crippen molar-refractivity contribution in [3.05, 3.63) is 35.9 Å². The maximum atomic E-state index is 13.5. The van der Waals surface area contributed by atoms with Gasteiger partial charge in [-0.2, -0.15) is 0 Å². The van der Waals surface area contributed by atoms with Gasteiger partial charge in [-0.25, -0.2) is 9.18 Å². The average Bonchev–Trinajstić information content (AvgIpc) is 2.73. The molecule has 0 spiro atoms. The third-order valence-corrected chi connectivity index (χ3v) is 2.43. The van der Waals surface area contributed by atoms with Gasteiger partial charge in [-0.15, -0.1) is 0 Å². The third-order valence-electron chi connectivity index (χ3n) is 2.43. The number of methoxy groups -OCH3 is 1. The zero-order chi connectivity index (χ0) is 12.4. The molecule has 0 aromatic carbocycles. The Hall–Kier alpha value is -2.04. The lowest BCUT2D eigenvalue weighted by Crippen LogP contribution is -2.05. The van der Waals surface area contributed by atoms with Gasteiger partial charge >= 0.3 is 5.97 Å². The molecule has 0 aliphatic heterocycles. The summed E-state index contributed by atoms with van der Waals surface area (Å²) in [4.78, 5) is 11.7. The van der Waals surface area contributed by atoms with Crippen LogP contribution in [0, 0.1) is 5.82 Å². The molecule has 0 N–H and O–H groups in total. The monoisotopic (exact) mass is 237 g/mol. The molecule has 0 aliphatic rings. The Morgan fingerprint density at radius 1 is 1.41 bits per heavy atom. The first-order chi connectivity index (χ1) is 8.19. The van der Waals surface area contributed by atoms with Crippen molar-refractivity contribution in [2.24, 2.45) is 0 Å². The second kappa shape index (κ2) is 4.45. The van der Waals surface area contributed by atoms with Crippen molar-refractivity contribution in [1.29, 1.82) is 0 Å². The van der Waals surface area contributed by atoms with Crippen molar-refractivity contribution >= 4 is 11.5 Å². The van der Waals surface area contributed by atoms with Crippen LogP contribution in [0.25, 0.3) is 5.52 Å². The van der Waals surface area contributed by atoms with Crippen LogP contribution in [-0.4, -0.2) is 24.1 Å². The highest BCUT2D eigenvalue weighted by Gasteiger charge is 2.18. The van der Waals surface area contributed by atoms with Crippen LogP contribution in [-0.2, 0) is 4.74 Å². The Balaban J connectivity index is 2.65. The fourth-order valence-corrected chi connectivity index (χ4v) is 1.71. The van der Waals surface area contributed by atoms with Gasteiger partial charge in [-0.3, -0.25) is 0 Å². The highest BCUT2D eigenvalue weighted by molar-refractivity contribution is 5.99. The van der Waals surface area contributed by atoms with Crippen LogP contribution >= 0.6 is 0 Å². The topological polar surface area (TPSA) is 39.9 Å². The van der Waals surface area contributed by atoms with Crippen molar-refractivity contribution < 1.29 is 18.7 Å². The summed E-state index contributed by atoms with van der Waals surface area (Å²) in [5.74, 6) is -0.955. The SMILES string of the molecule is CCOC(=O)c1ccn2ccc(F)c(OC)c12. The molecular formula is C12H12FNO3. The van der Waals surface area contributed by atoms with Crippen LogP contribution in [0.5, 0.6) is 5.75 Å². The number of nitrogens with zero attached hydrogens (tertiary/aromatic N) is 1. The number of pyridine rings is 1. The largest absolute Gasteiger partial charge is 0.492 e. The van der Waals surface area contributed by atoms with Gasteiger partial charge in [0.25, 0.3) is 0 Å². The van der Waals surface area contributed by atoms with E-state index in [1.54, 1.807) is 23.6 Å². The molecule has 0 saturated carbocycles. The highest BCUT2D eigenvalue weighted by Crippen LogP contribution is 2.27. The molecule has 0 aliphatic carbocycles. The zero-order valence-corrected chi connectivity index (χ0v) is 9.57. The molecule has 2 heterocycles. The van der Waals surface area contributed by atoms with E-state index in [2.05, 4.69) is 0 Å². The molecule has 4 nitrogen and oxygen atoms in total. The summed E-state index contributed by atoms with van der Waals surface area (Å²) in [6.07, 6.45) is 3.18. The minimum absolute atomic E-state index is 0.0422. The Morgan fingerprint density at radius 2 is 2.12 bits per heavy atom. The minimum Gasteiger partial charge on any atom is -0.492 e. The van der Waals surface area contributed by atoms with Crippen molar-refractivity contribution in [2.75, 3.05) is 13.7 Å². The van der Waals surface area contributed by atoms with E-state index in [4.69, 9.17) is 9.47 Å². The summed E-state index contributed by atoms with van der Waals surface area (Å²) >= 11 is 0. The number of carbonyl (C=O) groups is 1. The third kappa shape index (κ3) is 1.84. The van der Waals surface area contributed by atoms with E-state index >= 15 is 0 Å². The molecule has 0 fully saturated rings.